The maximum atomic E-state index is 4.27. The van der Waals surface area contributed by atoms with Gasteiger partial charge >= 0.3 is 0 Å². The number of aromatic nitrogens is 1. The Hall–Kier alpha value is -0.890. The van der Waals surface area contributed by atoms with Crippen LogP contribution < -0.4 is 5.32 Å². The summed E-state index contributed by atoms with van der Waals surface area (Å²) in [6.07, 6.45) is 5.67. The molecule has 2 heteroatoms. The number of unbranched alkanes of at least 4 members (excludes halogenated alkanes) is 1. The average molecular weight is 192 g/mol. The molecular formula is C12H20N2. The van der Waals surface area contributed by atoms with Crippen molar-refractivity contribution in [3.63, 3.8) is 0 Å². The lowest BCUT2D eigenvalue weighted by molar-refractivity contribution is 0.491. The average Bonchev–Trinajstić information content (AvgIpc) is 2.25. The Morgan fingerprint density at radius 3 is 2.93 bits per heavy atom. The molecular weight excluding hydrogens is 172 g/mol. The summed E-state index contributed by atoms with van der Waals surface area (Å²) in [5.41, 5.74) is 1.12. The van der Waals surface area contributed by atoms with Crippen LogP contribution >= 0.6 is 0 Å². The van der Waals surface area contributed by atoms with Crippen molar-refractivity contribution >= 4 is 0 Å². The third-order valence-corrected chi connectivity index (χ3v) is 2.35. The van der Waals surface area contributed by atoms with Gasteiger partial charge < -0.3 is 5.32 Å². The highest BCUT2D eigenvalue weighted by atomic mass is 14.9. The van der Waals surface area contributed by atoms with E-state index in [1.54, 1.807) is 0 Å². The fourth-order valence-electron chi connectivity index (χ4n) is 1.39. The number of hydrogen-bond donors (Lipinski definition) is 1. The van der Waals surface area contributed by atoms with E-state index in [1.165, 1.54) is 19.3 Å². The van der Waals surface area contributed by atoms with Crippen molar-refractivity contribution in [2.45, 2.75) is 45.7 Å². The number of nitrogens with one attached hydrogen (secondary N) is 1. The van der Waals surface area contributed by atoms with Gasteiger partial charge in [0.05, 0.1) is 5.69 Å². The van der Waals surface area contributed by atoms with Gasteiger partial charge in [-0.2, -0.15) is 0 Å². The molecule has 1 atom stereocenters. The summed E-state index contributed by atoms with van der Waals surface area (Å²) in [6.45, 7) is 5.34. The van der Waals surface area contributed by atoms with Crippen LogP contribution in [0.25, 0.3) is 0 Å². The zero-order valence-corrected chi connectivity index (χ0v) is 9.16. The second-order valence-electron chi connectivity index (χ2n) is 3.75. The van der Waals surface area contributed by atoms with E-state index < -0.39 is 0 Å². The Labute approximate surface area is 86.8 Å². The van der Waals surface area contributed by atoms with E-state index in [0.717, 1.165) is 12.2 Å². The van der Waals surface area contributed by atoms with Gasteiger partial charge in [-0.25, -0.2) is 0 Å². The van der Waals surface area contributed by atoms with E-state index in [9.17, 15) is 0 Å². The van der Waals surface area contributed by atoms with Gasteiger partial charge in [0.15, 0.2) is 0 Å². The van der Waals surface area contributed by atoms with Crippen molar-refractivity contribution in [1.29, 1.82) is 0 Å². The standard InChI is InChI=1S/C12H20N2/c1-3-4-7-11(2)14-10-12-8-5-6-9-13-12/h5-6,8-9,11,14H,3-4,7,10H2,1-2H3. The van der Waals surface area contributed by atoms with Gasteiger partial charge in [0.2, 0.25) is 0 Å². The lowest BCUT2D eigenvalue weighted by Crippen LogP contribution is -2.25. The summed E-state index contributed by atoms with van der Waals surface area (Å²) in [6, 6.07) is 6.63. The second kappa shape index (κ2) is 6.55. The normalized spacial score (nSPS) is 12.7. The van der Waals surface area contributed by atoms with Crippen molar-refractivity contribution < 1.29 is 0 Å². The van der Waals surface area contributed by atoms with Crippen LogP contribution in [0.4, 0.5) is 0 Å². The van der Waals surface area contributed by atoms with E-state index in [-0.39, 0.29) is 0 Å². The molecule has 1 N–H and O–H groups in total. The lowest BCUT2D eigenvalue weighted by atomic mass is 10.1. The molecule has 0 radical (unpaired) electrons. The van der Waals surface area contributed by atoms with Gasteiger partial charge in [-0.05, 0) is 25.5 Å². The van der Waals surface area contributed by atoms with Gasteiger partial charge in [-0.1, -0.05) is 25.8 Å². The fraction of sp³-hybridized carbons (Fsp3) is 0.583. The minimum Gasteiger partial charge on any atom is -0.309 e. The number of pyridine rings is 1. The Kier molecular flexibility index (Phi) is 5.23. The maximum Gasteiger partial charge on any atom is 0.0541 e. The molecule has 78 valence electrons. The minimum absolute atomic E-state index is 0.594. The summed E-state index contributed by atoms with van der Waals surface area (Å²) < 4.78 is 0. The fourth-order valence-corrected chi connectivity index (χ4v) is 1.39. The highest BCUT2D eigenvalue weighted by Gasteiger charge is 2.00. The smallest absolute Gasteiger partial charge is 0.0541 e. The molecule has 14 heavy (non-hydrogen) atoms. The van der Waals surface area contributed by atoms with Gasteiger partial charge in [-0.3, -0.25) is 4.98 Å². The maximum absolute atomic E-state index is 4.27. The van der Waals surface area contributed by atoms with Gasteiger partial charge in [0.1, 0.15) is 0 Å². The molecule has 0 saturated heterocycles. The molecule has 1 aromatic heterocycles. The topological polar surface area (TPSA) is 24.9 Å². The van der Waals surface area contributed by atoms with E-state index >= 15 is 0 Å². The number of hydrogen-bond acceptors (Lipinski definition) is 2. The van der Waals surface area contributed by atoms with Crippen LogP contribution in [0.5, 0.6) is 0 Å². The lowest BCUT2D eigenvalue weighted by Gasteiger charge is -2.12. The first-order chi connectivity index (χ1) is 6.83. The van der Waals surface area contributed by atoms with E-state index in [0.29, 0.717) is 6.04 Å². The predicted octanol–water partition coefficient (Wildman–Crippen LogP) is 2.75. The summed E-state index contributed by atoms with van der Waals surface area (Å²) in [4.78, 5) is 4.27. The number of rotatable bonds is 6. The Bertz CT molecular complexity index is 233. The van der Waals surface area contributed by atoms with Crippen LogP contribution in [0.3, 0.4) is 0 Å². The first-order valence-corrected chi connectivity index (χ1v) is 5.46. The zero-order valence-electron chi connectivity index (χ0n) is 9.16. The van der Waals surface area contributed by atoms with Gasteiger partial charge in [0.25, 0.3) is 0 Å². The monoisotopic (exact) mass is 192 g/mol. The van der Waals surface area contributed by atoms with Crippen LogP contribution in [0.15, 0.2) is 24.4 Å². The summed E-state index contributed by atoms with van der Waals surface area (Å²) in [5.74, 6) is 0. The van der Waals surface area contributed by atoms with Crippen molar-refractivity contribution in [2.75, 3.05) is 0 Å². The van der Waals surface area contributed by atoms with Crippen molar-refractivity contribution in [3.8, 4) is 0 Å². The third-order valence-electron chi connectivity index (χ3n) is 2.35. The zero-order chi connectivity index (χ0) is 10.2. The van der Waals surface area contributed by atoms with Crippen LogP contribution in [0.1, 0.15) is 38.8 Å². The van der Waals surface area contributed by atoms with Gasteiger partial charge in [0, 0.05) is 18.8 Å². The van der Waals surface area contributed by atoms with Crippen molar-refractivity contribution in [3.05, 3.63) is 30.1 Å². The molecule has 0 aromatic carbocycles. The Morgan fingerprint density at radius 1 is 1.43 bits per heavy atom. The molecule has 0 bridgehead atoms. The largest absolute Gasteiger partial charge is 0.309 e. The third kappa shape index (κ3) is 4.38. The van der Waals surface area contributed by atoms with Crippen molar-refractivity contribution in [1.82, 2.24) is 10.3 Å². The molecule has 2 nitrogen and oxygen atoms in total. The highest BCUT2D eigenvalue weighted by Crippen LogP contribution is 2.00. The van der Waals surface area contributed by atoms with E-state index in [4.69, 9.17) is 0 Å². The molecule has 0 fully saturated rings. The first kappa shape index (κ1) is 11.2. The molecule has 1 heterocycles. The Morgan fingerprint density at radius 2 is 2.29 bits per heavy atom. The molecule has 0 aliphatic rings. The van der Waals surface area contributed by atoms with Crippen molar-refractivity contribution in [2.24, 2.45) is 0 Å². The SMILES string of the molecule is CCCCC(C)NCc1ccccn1. The van der Waals surface area contributed by atoms with E-state index in [2.05, 4.69) is 30.2 Å². The van der Waals surface area contributed by atoms with E-state index in [1.807, 2.05) is 18.3 Å². The van der Waals surface area contributed by atoms with Crippen LogP contribution in [0, 0.1) is 0 Å². The molecule has 0 aliphatic carbocycles. The summed E-state index contributed by atoms with van der Waals surface area (Å²) >= 11 is 0. The van der Waals surface area contributed by atoms with Crippen LogP contribution in [-0.2, 0) is 6.54 Å². The molecule has 1 aromatic rings. The molecule has 0 amide bonds. The molecule has 0 aliphatic heterocycles. The highest BCUT2D eigenvalue weighted by molar-refractivity contribution is 5.02. The molecule has 1 unspecified atom stereocenters. The Balaban J connectivity index is 2.20. The van der Waals surface area contributed by atoms with Crippen LogP contribution in [0.2, 0.25) is 0 Å². The molecule has 0 spiro atoms. The second-order valence-corrected chi connectivity index (χ2v) is 3.75. The predicted molar refractivity (Wildman–Crippen MR) is 60.1 cm³/mol. The molecule has 1 rings (SSSR count). The quantitative estimate of drug-likeness (QED) is 0.749. The molecule has 0 saturated carbocycles. The van der Waals surface area contributed by atoms with Crippen LogP contribution in [-0.4, -0.2) is 11.0 Å². The summed E-state index contributed by atoms with van der Waals surface area (Å²) in [7, 11) is 0. The minimum atomic E-state index is 0.594. The van der Waals surface area contributed by atoms with Gasteiger partial charge in [-0.15, -0.1) is 0 Å². The number of nitrogens with zero attached hydrogens (tertiary/aromatic N) is 1. The summed E-state index contributed by atoms with van der Waals surface area (Å²) in [5, 5.41) is 3.47. The first-order valence-electron chi connectivity index (χ1n) is 5.46.